The number of hydrogen-bond acceptors (Lipinski definition) is 6. The highest BCUT2D eigenvalue weighted by molar-refractivity contribution is 8.00. The van der Waals surface area contributed by atoms with Crippen LogP contribution >= 0.6 is 11.8 Å². The lowest BCUT2D eigenvalue weighted by molar-refractivity contribution is -0.115. The molecular weight excluding hydrogens is 512 g/mol. The summed E-state index contributed by atoms with van der Waals surface area (Å²) in [6, 6.07) is 14.3. The van der Waals surface area contributed by atoms with Gasteiger partial charge in [0.1, 0.15) is 0 Å². The Labute approximate surface area is 221 Å². The molecule has 0 fully saturated rings. The number of carboxylic acid groups (broad SMARTS) is 3. The number of benzene rings is 3. The van der Waals surface area contributed by atoms with Crippen molar-refractivity contribution in [1.29, 1.82) is 0 Å². The van der Waals surface area contributed by atoms with Crippen LogP contribution in [0.3, 0.4) is 0 Å². The number of aromatic carboxylic acids is 3. The molecule has 0 aliphatic carbocycles. The van der Waals surface area contributed by atoms with Crippen molar-refractivity contribution in [3.05, 3.63) is 88.5 Å². The number of amides is 2. The second-order valence-electron chi connectivity index (χ2n) is 8.19. The molecule has 5 N–H and O–H groups in total. The van der Waals surface area contributed by atoms with E-state index in [9.17, 15) is 34.2 Å². The van der Waals surface area contributed by atoms with Crippen LogP contribution in [0.5, 0.6) is 0 Å². The third kappa shape index (κ3) is 6.77. The van der Waals surface area contributed by atoms with Gasteiger partial charge in [-0.05, 0) is 67.4 Å². The smallest absolute Gasteiger partial charge is 0.336 e. The van der Waals surface area contributed by atoms with Gasteiger partial charge in [-0.1, -0.05) is 19.1 Å². The van der Waals surface area contributed by atoms with E-state index < -0.39 is 34.6 Å². The van der Waals surface area contributed by atoms with Gasteiger partial charge in [0, 0.05) is 16.3 Å². The lowest BCUT2D eigenvalue weighted by Crippen LogP contribution is -2.25. The Hall–Kier alpha value is -4.64. The summed E-state index contributed by atoms with van der Waals surface area (Å²) in [6.45, 7) is 3.59. The van der Waals surface area contributed by atoms with Crippen molar-refractivity contribution in [3.63, 3.8) is 0 Å². The number of carbonyl (C=O) groups excluding carboxylic acids is 2. The van der Waals surface area contributed by atoms with Crippen LogP contribution in [-0.2, 0) is 4.79 Å². The van der Waals surface area contributed by atoms with Crippen molar-refractivity contribution in [2.24, 2.45) is 0 Å². The van der Waals surface area contributed by atoms with E-state index in [1.807, 2.05) is 6.92 Å². The van der Waals surface area contributed by atoms with E-state index in [1.54, 1.807) is 37.3 Å². The SMILES string of the molecule is CCC(Sc1cccc(NC(=O)c2ccc(C(=O)O)cc2C(=O)O)c1)C(=O)Nc1cc(C(=O)O)ccc1C. The van der Waals surface area contributed by atoms with E-state index in [1.165, 1.54) is 23.9 Å². The Morgan fingerprint density at radius 3 is 2.08 bits per heavy atom. The fraction of sp³-hybridized carbons (Fsp3) is 0.148. The second kappa shape index (κ2) is 12.1. The molecule has 0 heterocycles. The molecule has 2 amide bonds. The number of rotatable bonds is 10. The molecule has 0 saturated heterocycles. The maximum atomic E-state index is 13.0. The standard InChI is InChI=1S/C27H24N2O8S/c1-3-22(24(31)29-21-12-16(26(34)35)8-7-14(21)2)38-18-6-4-5-17(13-18)28-23(30)19-10-9-15(25(32)33)11-20(19)27(36)37/h4-13,22H,3H2,1-2H3,(H,28,30)(H,29,31)(H,32,33)(H,34,35)(H,36,37). The predicted molar refractivity (Wildman–Crippen MR) is 141 cm³/mol. The van der Waals surface area contributed by atoms with Crippen molar-refractivity contribution in [2.75, 3.05) is 10.6 Å². The number of carbonyl (C=O) groups is 5. The molecule has 11 heteroatoms. The molecule has 0 aliphatic heterocycles. The molecule has 0 aliphatic rings. The van der Waals surface area contributed by atoms with Gasteiger partial charge < -0.3 is 26.0 Å². The molecule has 0 aromatic heterocycles. The lowest BCUT2D eigenvalue weighted by atomic mass is 10.0. The summed E-state index contributed by atoms with van der Waals surface area (Å²) in [6.07, 6.45) is 0.461. The summed E-state index contributed by atoms with van der Waals surface area (Å²) in [5, 5.41) is 32.6. The minimum absolute atomic E-state index is 0.0544. The minimum atomic E-state index is -1.44. The van der Waals surface area contributed by atoms with Gasteiger partial charge in [-0.15, -0.1) is 11.8 Å². The third-order valence-electron chi connectivity index (χ3n) is 5.52. The molecule has 3 aromatic carbocycles. The molecular formula is C27H24N2O8S. The van der Waals surface area contributed by atoms with E-state index in [2.05, 4.69) is 10.6 Å². The normalized spacial score (nSPS) is 11.3. The number of nitrogens with one attached hydrogen (secondary N) is 2. The van der Waals surface area contributed by atoms with Crippen LogP contribution in [0.15, 0.2) is 65.6 Å². The number of hydrogen-bond donors (Lipinski definition) is 5. The Morgan fingerprint density at radius 1 is 0.789 bits per heavy atom. The largest absolute Gasteiger partial charge is 0.478 e. The van der Waals surface area contributed by atoms with Crippen molar-refractivity contribution in [3.8, 4) is 0 Å². The Bertz CT molecular complexity index is 1440. The zero-order valence-electron chi connectivity index (χ0n) is 20.3. The highest BCUT2D eigenvalue weighted by Gasteiger charge is 2.21. The summed E-state index contributed by atoms with van der Waals surface area (Å²) in [5.41, 5.74) is 0.607. The van der Waals surface area contributed by atoms with Crippen LogP contribution in [0.4, 0.5) is 11.4 Å². The summed E-state index contributed by atoms with van der Waals surface area (Å²) < 4.78 is 0. The average Bonchev–Trinajstić information content (AvgIpc) is 2.88. The summed E-state index contributed by atoms with van der Waals surface area (Å²) in [5.74, 6) is -4.91. The Balaban J connectivity index is 1.76. The van der Waals surface area contributed by atoms with Gasteiger partial charge in [0.15, 0.2) is 0 Å². The van der Waals surface area contributed by atoms with Gasteiger partial charge in [-0.25, -0.2) is 14.4 Å². The van der Waals surface area contributed by atoms with Gasteiger partial charge in [0.05, 0.1) is 27.5 Å². The average molecular weight is 537 g/mol. The molecule has 1 unspecified atom stereocenters. The molecule has 3 aromatic rings. The second-order valence-corrected chi connectivity index (χ2v) is 9.47. The number of carboxylic acids is 3. The van der Waals surface area contributed by atoms with Gasteiger partial charge >= 0.3 is 17.9 Å². The Morgan fingerprint density at radius 2 is 1.45 bits per heavy atom. The maximum absolute atomic E-state index is 13.0. The van der Waals surface area contributed by atoms with Gasteiger partial charge in [-0.2, -0.15) is 0 Å². The quantitative estimate of drug-likeness (QED) is 0.227. The van der Waals surface area contributed by atoms with E-state index in [4.69, 9.17) is 5.11 Å². The first-order valence-corrected chi connectivity index (χ1v) is 12.2. The van der Waals surface area contributed by atoms with Crippen LogP contribution in [0.2, 0.25) is 0 Å². The van der Waals surface area contributed by atoms with E-state index in [0.717, 1.165) is 18.2 Å². The number of thioether (sulfide) groups is 1. The first kappa shape index (κ1) is 27.9. The highest BCUT2D eigenvalue weighted by Crippen LogP contribution is 2.29. The zero-order chi connectivity index (χ0) is 28.0. The van der Waals surface area contributed by atoms with Crippen molar-refractivity contribution >= 4 is 52.9 Å². The Kier molecular flexibility index (Phi) is 8.87. The van der Waals surface area contributed by atoms with Gasteiger partial charge in [0.25, 0.3) is 5.91 Å². The highest BCUT2D eigenvalue weighted by atomic mass is 32.2. The fourth-order valence-electron chi connectivity index (χ4n) is 3.49. The first-order chi connectivity index (χ1) is 18.0. The molecule has 0 radical (unpaired) electrons. The number of aryl methyl sites for hydroxylation is 1. The molecule has 10 nitrogen and oxygen atoms in total. The van der Waals surface area contributed by atoms with Crippen molar-refractivity contribution < 1.29 is 39.3 Å². The summed E-state index contributed by atoms with van der Waals surface area (Å²) in [4.78, 5) is 60.4. The monoisotopic (exact) mass is 536 g/mol. The molecule has 0 saturated carbocycles. The minimum Gasteiger partial charge on any atom is -0.478 e. The molecule has 196 valence electrons. The van der Waals surface area contributed by atoms with Gasteiger partial charge in [-0.3, -0.25) is 9.59 Å². The fourth-order valence-corrected chi connectivity index (χ4v) is 4.50. The van der Waals surface area contributed by atoms with Crippen LogP contribution in [-0.4, -0.2) is 50.3 Å². The number of anilines is 2. The molecule has 38 heavy (non-hydrogen) atoms. The molecule has 0 bridgehead atoms. The maximum Gasteiger partial charge on any atom is 0.336 e. The zero-order valence-corrected chi connectivity index (χ0v) is 21.2. The van der Waals surface area contributed by atoms with Gasteiger partial charge in [0.2, 0.25) is 5.91 Å². The van der Waals surface area contributed by atoms with E-state index >= 15 is 0 Å². The van der Waals surface area contributed by atoms with Crippen LogP contribution in [0.1, 0.15) is 60.3 Å². The van der Waals surface area contributed by atoms with Crippen LogP contribution in [0, 0.1) is 6.92 Å². The molecule has 0 spiro atoms. The summed E-state index contributed by atoms with van der Waals surface area (Å²) in [7, 11) is 0. The van der Waals surface area contributed by atoms with Crippen molar-refractivity contribution in [2.45, 2.75) is 30.4 Å². The topological polar surface area (TPSA) is 170 Å². The first-order valence-electron chi connectivity index (χ1n) is 11.3. The summed E-state index contributed by atoms with van der Waals surface area (Å²) >= 11 is 1.24. The van der Waals surface area contributed by atoms with Crippen LogP contribution < -0.4 is 10.6 Å². The molecule has 1 atom stereocenters. The third-order valence-corrected chi connectivity index (χ3v) is 6.88. The van der Waals surface area contributed by atoms with E-state index in [-0.39, 0.29) is 22.6 Å². The predicted octanol–water partition coefficient (Wildman–Crippen LogP) is 4.85. The lowest BCUT2D eigenvalue weighted by Gasteiger charge is -2.17. The van der Waals surface area contributed by atoms with E-state index in [0.29, 0.717) is 28.3 Å². The van der Waals surface area contributed by atoms with Crippen molar-refractivity contribution in [1.82, 2.24) is 0 Å². The van der Waals surface area contributed by atoms with Crippen LogP contribution in [0.25, 0.3) is 0 Å². The molecule has 3 rings (SSSR count).